The number of hydrogen-bond donors (Lipinski definition) is 0. The number of unbranched alkanes of at least 4 members (excludes halogenated alkanes) is 2. The van der Waals surface area contributed by atoms with Crippen LogP contribution in [0.3, 0.4) is 0 Å². The zero-order valence-corrected chi connectivity index (χ0v) is 13.7. The van der Waals surface area contributed by atoms with E-state index in [9.17, 15) is 13.0 Å². The molecule has 0 saturated carbocycles. The van der Waals surface area contributed by atoms with Gasteiger partial charge in [0.05, 0.1) is 15.9 Å². The molecule has 0 aliphatic rings. The van der Waals surface area contributed by atoms with Crippen LogP contribution in [-0.2, 0) is 23.0 Å². The summed E-state index contributed by atoms with van der Waals surface area (Å²) in [5.74, 6) is 0.176. The highest BCUT2D eigenvalue weighted by Gasteiger charge is 2.04. The van der Waals surface area contributed by atoms with Gasteiger partial charge < -0.3 is 9.29 Å². The number of benzene rings is 1. The maximum Gasteiger partial charge on any atom is 0.119 e. The van der Waals surface area contributed by atoms with Crippen molar-refractivity contribution < 1.29 is 17.7 Å². The van der Waals surface area contributed by atoms with Gasteiger partial charge in [-0.1, -0.05) is 32.8 Å². The highest BCUT2D eigenvalue weighted by molar-refractivity contribution is 7.85. The molecular formula is C16H25O4S-. The van der Waals surface area contributed by atoms with Crippen LogP contribution in [0.25, 0.3) is 0 Å². The molecule has 1 aromatic rings. The second kappa shape index (κ2) is 9.05. The molecule has 0 aliphatic carbocycles. The Bertz CT molecular complexity index is 497. The average Bonchev–Trinajstić information content (AvgIpc) is 2.41. The van der Waals surface area contributed by atoms with Crippen molar-refractivity contribution in [1.82, 2.24) is 0 Å². The van der Waals surface area contributed by atoms with Crippen LogP contribution in [0, 0.1) is 0 Å². The third-order valence-electron chi connectivity index (χ3n) is 3.27. The molecule has 0 N–H and O–H groups in total. The Morgan fingerprint density at radius 1 is 1.00 bits per heavy atom. The Labute approximate surface area is 128 Å². The molecule has 120 valence electrons. The van der Waals surface area contributed by atoms with Gasteiger partial charge in [-0.15, -0.1) is 0 Å². The van der Waals surface area contributed by atoms with Crippen molar-refractivity contribution in [3.8, 4) is 5.75 Å². The molecule has 0 spiro atoms. The largest absolute Gasteiger partial charge is 0.748 e. The number of hydrogen-bond acceptors (Lipinski definition) is 4. The molecule has 1 rings (SSSR count). The highest BCUT2D eigenvalue weighted by Crippen LogP contribution is 2.20. The molecule has 0 fully saturated rings. The van der Waals surface area contributed by atoms with Gasteiger partial charge in [0.25, 0.3) is 0 Å². The SMILES string of the molecule is CCCCc1cc(CCCC)cc(OCCS(=O)(=O)[O-])c1. The first-order chi connectivity index (χ1) is 9.94. The minimum Gasteiger partial charge on any atom is -0.748 e. The van der Waals surface area contributed by atoms with Crippen LogP contribution in [-0.4, -0.2) is 25.3 Å². The fourth-order valence-electron chi connectivity index (χ4n) is 2.12. The predicted molar refractivity (Wildman–Crippen MR) is 83.7 cm³/mol. The Kier molecular flexibility index (Phi) is 7.75. The maximum atomic E-state index is 10.6. The standard InChI is InChI=1S/C16H26O4S/c1-3-5-7-14-11-15(8-6-4-2)13-16(12-14)20-9-10-21(17,18)19/h11-13H,3-10H2,1-2H3,(H,17,18,19)/p-1. The van der Waals surface area contributed by atoms with Crippen molar-refractivity contribution >= 4 is 10.1 Å². The normalized spacial score (nSPS) is 11.6. The van der Waals surface area contributed by atoms with E-state index in [2.05, 4.69) is 19.9 Å². The summed E-state index contributed by atoms with van der Waals surface area (Å²) in [5, 5.41) is 0. The first-order valence-corrected chi connectivity index (χ1v) is 9.21. The molecule has 0 aromatic heterocycles. The molecule has 1 aromatic carbocycles. The lowest BCUT2D eigenvalue weighted by Gasteiger charge is -2.12. The lowest BCUT2D eigenvalue weighted by Crippen LogP contribution is -2.13. The van der Waals surface area contributed by atoms with E-state index in [1.165, 1.54) is 11.1 Å². The van der Waals surface area contributed by atoms with Gasteiger partial charge in [0.1, 0.15) is 12.4 Å². The maximum absolute atomic E-state index is 10.6. The molecule has 5 heteroatoms. The molecule has 0 saturated heterocycles. The second-order valence-electron chi connectivity index (χ2n) is 5.30. The minimum atomic E-state index is -4.22. The van der Waals surface area contributed by atoms with E-state index in [0.717, 1.165) is 38.5 Å². The molecule has 21 heavy (non-hydrogen) atoms. The lowest BCUT2D eigenvalue weighted by atomic mass is 10.0. The van der Waals surface area contributed by atoms with E-state index in [1.54, 1.807) is 0 Å². The van der Waals surface area contributed by atoms with E-state index in [4.69, 9.17) is 4.74 Å². The van der Waals surface area contributed by atoms with E-state index in [1.807, 2.05) is 12.1 Å². The van der Waals surface area contributed by atoms with Crippen LogP contribution in [0.15, 0.2) is 18.2 Å². The van der Waals surface area contributed by atoms with E-state index in [-0.39, 0.29) is 6.61 Å². The van der Waals surface area contributed by atoms with Crippen LogP contribution >= 0.6 is 0 Å². The number of rotatable bonds is 10. The minimum absolute atomic E-state index is 0.0870. The van der Waals surface area contributed by atoms with Crippen molar-refractivity contribution in [1.29, 1.82) is 0 Å². The van der Waals surface area contributed by atoms with Gasteiger partial charge in [0.15, 0.2) is 0 Å². The zero-order valence-electron chi connectivity index (χ0n) is 12.9. The second-order valence-corrected chi connectivity index (χ2v) is 6.83. The third kappa shape index (κ3) is 8.07. The first kappa shape index (κ1) is 18.0. The van der Waals surface area contributed by atoms with Crippen molar-refractivity contribution in [2.75, 3.05) is 12.4 Å². The summed E-state index contributed by atoms with van der Waals surface area (Å²) < 4.78 is 37.3. The smallest absolute Gasteiger partial charge is 0.119 e. The van der Waals surface area contributed by atoms with E-state index in [0.29, 0.717) is 5.75 Å². The number of ether oxygens (including phenoxy) is 1. The Morgan fingerprint density at radius 2 is 1.52 bits per heavy atom. The molecule has 4 nitrogen and oxygen atoms in total. The molecule has 0 unspecified atom stereocenters. The molecule has 0 atom stereocenters. The quantitative estimate of drug-likeness (QED) is 0.622. The fraction of sp³-hybridized carbons (Fsp3) is 0.625. The lowest BCUT2D eigenvalue weighted by molar-refractivity contribution is 0.334. The monoisotopic (exact) mass is 313 g/mol. The summed E-state index contributed by atoms with van der Waals surface area (Å²) in [6.45, 7) is 4.21. The summed E-state index contributed by atoms with van der Waals surface area (Å²) in [6.07, 6.45) is 6.48. The van der Waals surface area contributed by atoms with Crippen LogP contribution in [0.1, 0.15) is 50.7 Å². The summed E-state index contributed by atoms with van der Waals surface area (Å²) in [5.41, 5.74) is 2.43. The number of aryl methyl sites for hydroxylation is 2. The highest BCUT2D eigenvalue weighted by atomic mass is 32.2. The molecule has 0 radical (unpaired) electrons. The predicted octanol–water partition coefficient (Wildman–Crippen LogP) is 3.30. The van der Waals surface area contributed by atoms with Crippen molar-refractivity contribution in [3.63, 3.8) is 0 Å². The van der Waals surface area contributed by atoms with Crippen molar-refractivity contribution in [2.45, 2.75) is 52.4 Å². The van der Waals surface area contributed by atoms with E-state index < -0.39 is 15.9 Å². The topological polar surface area (TPSA) is 66.4 Å². The van der Waals surface area contributed by atoms with Crippen molar-refractivity contribution in [2.24, 2.45) is 0 Å². The van der Waals surface area contributed by atoms with Gasteiger partial charge in [-0.2, -0.15) is 0 Å². The molecule has 0 bridgehead atoms. The van der Waals surface area contributed by atoms with Crippen LogP contribution in [0.2, 0.25) is 0 Å². The molecule has 0 amide bonds. The van der Waals surface area contributed by atoms with Gasteiger partial charge in [-0.25, -0.2) is 8.42 Å². The van der Waals surface area contributed by atoms with Crippen molar-refractivity contribution in [3.05, 3.63) is 29.3 Å². The van der Waals surface area contributed by atoms with Gasteiger partial charge in [-0.05, 0) is 48.9 Å². The van der Waals surface area contributed by atoms with Gasteiger partial charge in [0, 0.05) is 0 Å². The molecule has 0 aliphatic heterocycles. The average molecular weight is 313 g/mol. The fourth-order valence-corrected chi connectivity index (χ4v) is 2.41. The van der Waals surface area contributed by atoms with Crippen LogP contribution < -0.4 is 4.74 Å². The van der Waals surface area contributed by atoms with E-state index >= 15 is 0 Å². The van der Waals surface area contributed by atoms with Gasteiger partial charge in [-0.3, -0.25) is 0 Å². The summed E-state index contributed by atoms with van der Waals surface area (Å²) in [4.78, 5) is 0. The summed E-state index contributed by atoms with van der Waals surface area (Å²) in [6, 6.07) is 6.09. The van der Waals surface area contributed by atoms with Gasteiger partial charge >= 0.3 is 0 Å². The summed E-state index contributed by atoms with van der Waals surface area (Å²) in [7, 11) is -4.22. The molecule has 0 heterocycles. The van der Waals surface area contributed by atoms with Crippen LogP contribution in [0.5, 0.6) is 5.75 Å². The third-order valence-corrected chi connectivity index (χ3v) is 3.93. The molecular weight excluding hydrogens is 288 g/mol. The Balaban J connectivity index is 2.74. The Morgan fingerprint density at radius 3 is 1.95 bits per heavy atom. The van der Waals surface area contributed by atoms with Crippen LogP contribution in [0.4, 0.5) is 0 Å². The Hall–Kier alpha value is -1.07. The first-order valence-electron chi connectivity index (χ1n) is 7.63. The zero-order chi connectivity index (χ0) is 15.7. The van der Waals surface area contributed by atoms with Gasteiger partial charge in [0.2, 0.25) is 0 Å². The summed E-state index contributed by atoms with van der Waals surface area (Å²) >= 11 is 0.